The van der Waals surface area contributed by atoms with E-state index >= 15 is 0 Å². The first-order chi connectivity index (χ1) is 12.3. The Morgan fingerprint density at radius 2 is 0.667 bits per heavy atom. The van der Waals surface area contributed by atoms with Gasteiger partial charge < -0.3 is 9.05 Å². The molecule has 0 aliphatic rings. The predicted octanol–water partition coefficient (Wildman–Crippen LogP) is 4.60. The first kappa shape index (κ1) is 20.8. The monoisotopic (exact) mass is 429 g/mol. The topological polar surface area (TPSA) is 61.6 Å². The van der Waals surface area contributed by atoms with Crippen LogP contribution in [0.5, 0.6) is 11.5 Å². The van der Waals surface area contributed by atoms with Crippen molar-refractivity contribution in [2.45, 2.75) is 0 Å². The van der Waals surface area contributed by atoms with Gasteiger partial charge in [-0.3, -0.25) is 0 Å². The summed E-state index contributed by atoms with van der Waals surface area (Å²) in [5, 5.41) is 0. The van der Waals surface area contributed by atoms with Crippen molar-refractivity contribution in [3.05, 3.63) is 58.2 Å². The minimum Gasteiger partial charge on any atom is -0.398 e. The van der Waals surface area contributed by atoms with E-state index in [1.807, 2.05) is 0 Å². The summed E-state index contributed by atoms with van der Waals surface area (Å²) in [6.07, 6.45) is 0. The molecule has 0 saturated carbocycles. The van der Waals surface area contributed by atoms with Crippen molar-refractivity contribution >= 4 is 7.75 Å². The second-order valence-corrected chi connectivity index (χ2v) is 5.97. The van der Waals surface area contributed by atoms with Gasteiger partial charge in [0.25, 0.3) is 0 Å². The molecule has 0 radical (unpaired) electrons. The van der Waals surface area contributed by atoms with Crippen LogP contribution in [0.4, 0.5) is 43.9 Å². The molecule has 4 nitrogen and oxygen atoms in total. The summed E-state index contributed by atoms with van der Waals surface area (Å²) in [4.78, 5) is 0. The Morgan fingerprint density at radius 3 is 0.889 bits per heavy atom. The zero-order valence-electron chi connectivity index (χ0n) is 12.0. The summed E-state index contributed by atoms with van der Waals surface area (Å²) < 4.78 is 151. The van der Waals surface area contributed by atoms with E-state index in [1.54, 1.807) is 0 Å². The fraction of sp³-hybridized carbons (Fsp3) is 0. The SMILES string of the molecule is NP(=O)(Oc1c(F)c(F)c(F)c(F)c1F)Oc1c(F)c(F)c(F)c(F)c1F. The highest BCUT2D eigenvalue weighted by atomic mass is 31.2. The van der Waals surface area contributed by atoms with E-state index < -0.39 is 77.4 Å². The first-order valence-electron chi connectivity index (χ1n) is 6.10. The molecule has 0 aromatic heterocycles. The average molecular weight is 429 g/mol. The lowest BCUT2D eigenvalue weighted by molar-refractivity contribution is 0.307. The van der Waals surface area contributed by atoms with Crippen LogP contribution in [0.2, 0.25) is 0 Å². The molecule has 15 heteroatoms. The average Bonchev–Trinajstić information content (AvgIpc) is 2.62. The molecule has 0 bridgehead atoms. The van der Waals surface area contributed by atoms with Crippen molar-refractivity contribution in [2.24, 2.45) is 5.50 Å². The van der Waals surface area contributed by atoms with Crippen LogP contribution in [-0.2, 0) is 4.57 Å². The number of hydrogen-bond acceptors (Lipinski definition) is 3. The third-order valence-corrected chi connectivity index (χ3v) is 3.65. The van der Waals surface area contributed by atoms with Crippen LogP contribution in [0, 0.1) is 58.2 Å². The van der Waals surface area contributed by atoms with Crippen molar-refractivity contribution in [2.75, 3.05) is 0 Å². The second-order valence-electron chi connectivity index (χ2n) is 4.52. The van der Waals surface area contributed by atoms with Crippen LogP contribution in [0.3, 0.4) is 0 Å². The molecular weight excluding hydrogens is 427 g/mol. The van der Waals surface area contributed by atoms with Crippen LogP contribution >= 0.6 is 7.75 Å². The smallest absolute Gasteiger partial charge is 0.398 e. The molecule has 2 N–H and O–H groups in total. The fourth-order valence-corrected chi connectivity index (χ4v) is 2.47. The Hall–Kier alpha value is -2.47. The maximum atomic E-state index is 13.4. The summed E-state index contributed by atoms with van der Waals surface area (Å²) >= 11 is 0. The molecule has 2 aromatic carbocycles. The third kappa shape index (κ3) is 3.54. The van der Waals surface area contributed by atoms with E-state index in [-0.39, 0.29) is 0 Å². The number of nitrogens with two attached hydrogens (primary N) is 1. The Labute approximate surface area is 141 Å². The molecule has 0 unspecified atom stereocenters. The molecule has 0 saturated heterocycles. The second kappa shape index (κ2) is 6.93. The first-order valence-corrected chi connectivity index (χ1v) is 7.72. The predicted molar refractivity (Wildman–Crippen MR) is 65.5 cm³/mol. The lowest BCUT2D eigenvalue weighted by Crippen LogP contribution is -2.15. The van der Waals surface area contributed by atoms with E-state index in [0.717, 1.165) is 0 Å². The summed E-state index contributed by atoms with van der Waals surface area (Å²) in [5.41, 5.74) is 4.70. The van der Waals surface area contributed by atoms with Gasteiger partial charge in [-0.1, -0.05) is 0 Å². The highest BCUT2D eigenvalue weighted by Gasteiger charge is 2.36. The Kier molecular flexibility index (Phi) is 5.34. The van der Waals surface area contributed by atoms with E-state index in [0.29, 0.717) is 0 Å². The Bertz CT molecular complexity index is 865. The molecular formula is C12H2F10NO3P. The van der Waals surface area contributed by atoms with Gasteiger partial charge in [-0.05, 0) is 0 Å². The summed E-state index contributed by atoms with van der Waals surface area (Å²) in [6.45, 7) is 0. The lowest BCUT2D eigenvalue weighted by atomic mass is 10.3. The maximum Gasteiger partial charge on any atom is 0.510 e. The largest absolute Gasteiger partial charge is 0.510 e. The van der Waals surface area contributed by atoms with Crippen molar-refractivity contribution in [1.29, 1.82) is 0 Å². The molecule has 0 aliphatic heterocycles. The molecule has 0 amide bonds. The van der Waals surface area contributed by atoms with Crippen LogP contribution in [0.15, 0.2) is 0 Å². The number of rotatable bonds is 4. The van der Waals surface area contributed by atoms with Crippen molar-refractivity contribution in [1.82, 2.24) is 0 Å². The standard InChI is InChI=1S/C12H2F10NO3P/c13-1-3(15)7(19)11(8(20)4(1)16)25-27(23,24)26-12-9(21)5(17)2(14)6(18)10(12)22/h(H2,23,24). The molecule has 0 heterocycles. The number of hydrogen-bond donors (Lipinski definition) is 1. The molecule has 0 aliphatic carbocycles. The van der Waals surface area contributed by atoms with Gasteiger partial charge in [0.15, 0.2) is 0 Å². The highest BCUT2D eigenvalue weighted by molar-refractivity contribution is 7.52. The number of benzene rings is 2. The van der Waals surface area contributed by atoms with Crippen LogP contribution in [0.25, 0.3) is 0 Å². The van der Waals surface area contributed by atoms with E-state index in [9.17, 15) is 48.5 Å². The zero-order chi connectivity index (χ0) is 20.8. The van der Waals surface area contributed by atoms with E-state index in [4.69, 9.17) is 5.50 Å². The highest BCUT2D eigenvalue weighted by Crippen LogP contribution is 2.46. The summed E-state index contributed by atoms with van der Waals surface area (Å²) in [5.74, 6) is -30.9. The van der Waals surface area contributed by atoms with Gasteiger partial charge in [-0.25, -0.2) is 36.4 Å². The van der Waals surface area contributed by atoms with Gasteiger partial charge in [0.2, 0.25) is 69.7 Å². The molecule has 148 valence electrons. The minimum absolute atomic E-state index is 2.28. The Morgan fingerprint density at radius 1 is 0.481 bits per heavy atom. The Balaban J connectivity index is 2.51. The zero-order valence-corrected chi connectivity index (χ0v) is 12.9. The van der Waals surface area contributed by atoms with Crippen LogP contribution in [0.1, 0.15) is 0 Å². The van der Waals surface area contributed by atoms with Gasteiger partial charge in [-0.15, -0.1) is 0 Å². The molecule has 27 heavy (non-hydrogen) atoms. The lowest BCUT2D eigenvalue weighted by Gasteiger charge is -2.17. The van der Waals surface area contributed by atoms with Crippen molar-refractivity contribution in [3.63, 3.8) is 0 Å². The van der Waals surface area contributed by atoms with Gasteiger partial charge in [0.1, 0.15) is 0 Å². The van der Waals surface area contributed by atoms with Crippen molar-refractivity contribution < 1.29 is 57.5 Å². The van der Waals surface area contributed by atoms with E-state index in [2.05, 4.69) is 9.05 Å². The molecule has 0 fully saturated rings. The number of halogens is 10. The summed E-state index contributed by atoms with van der Waals surface area (Å²) in [7, 11) is -5.73. The molecule has 2 rings (SSSR count). The van der Waals surface area contributed by atoms with Crippen LogP contribution in [-0.4, -0.2) is 0 Å². The third-order valence-electron chi connectivity index (χ3n) is 2.78. The summed E-state index contributed by atoms with van der Waals surface area (Å²) in [6, 6.07) is 0. The van der Waals surface area contributed by atoms with Gasteiger partial charge in [-0.2, -0.15) is 17.6 Å². The van der Waals surface area contributed by atoms with Gasteiger partial charge in [0, 0.05) is 0 Å². The van der Waals surface area contributed by atoms with Gasteiger partial charge >= 0.3 is 7.75 Å². The normalized spacial score (nSPS) is 11.7. The molecule has 2 aromatic rings. The minimum atomic E-state index is -5.73. The quantitative estimate of drug-likeness (QED) is 0.334. The molecule has 0 atom stereocenters. The fourth-order valence-electron chi connectivity index (χ4n) is 1.60. The maximum absolute atomic E-state index is 13.4. The van der Waals surface area contributed by atoms with Crippen LogP contribution < -0.4 is 14.6 Å². The molecule has 0 spiro atoms. The van der Waals surface area contributed by atoms with Crippen molar-refractivity contribution in [3.8, 4) is 11.5 Å². The van der Waals surface area contributed by atoms with E-state index in [1.165, 1.54) is 0 Å². The van der Waals surface area contributed by atoms with Gasteiger partial charge in [0.05, 0.1) is 0 Å².